The van der Waals surface area contributed by atoms with Crippen molar-refractivity contribution in [3.8, 4) is 0 Å². The lowest BCUT2D eigenvalue weighted by Crippen LogP contribution is -2.46. The molecule has 2 aliphatic rings. The molecule has 0 aliphatic carbocycles. The molecule has 2 aliphatic heterocycles. The van der Waals surface area contributed by atoms with Crippen LogP contribution in [0, 0.1) is 5.92 Å². The number of hydrogen-bond donors (Lipinski definition) is 1. The monoisotopic (exact) mass is 212 g/mol. The molecule has 15 heavy (non-hydrogen) atoms. The standard InChI is InChI=1S/C12H24N2O/c1-10(11-5-8-15-9-11)13-12-3-6-14(2)7-4-12/h10-13H,3-9H2,1-2H3/t10-,11+/m1/s1. The normalized spacial score (nSPS) is 32.0. The maximum atomic E-state index is 5.44. The van der Waals surface area contributed by atoms with Crippen LogP contribution in [0.2, 0.25) is 0 Å². The fourth-order valence-corrected chi connectivity index (χ4v) is 2.63. The fourth-order valence-electron chi connectivity index (χ4n) is 2.63. The second kappa shape index (κ2) is 5.28. The fraction of sp³-hybridized carbons (Fsp3) is 1.00. The highest BCUT2D eigenvalue weighted by atomic mass is 16.5. The second-order valence-electron chi connectivity index (χ2n) is 5.16. The first-order valence-corrected chi connectivity index (χ1v) is 6.28. The van der Waals surface area contributed by atoms with Gasteiger partial charge in [0.25, 0.3) is 0 Å². The van der Waals surface area contributed by atoms with Gasteiger partial charge >= 0.3 is 0 Å². The molecular formula is C12H24N2O. The topological polar surface area (TPSA) is 24.5 Å². The van der Waals surface area contributed by atoms with Crippen LogP contribution in [0.4, 0.5) is 0 Å². The quantitative estimate of drug-likeness (QED) is 0.758. The number of ether oxygens (including phenoxy) is 1. The smallest absolute Gasteiger partial charge is 0.0509 e. The van der Waals surface area contributed by atoms with Crippen LogP contribution < -0.4 is 5.32 Å². The zero-order chi connectivity index (χ0) is 10.7. The molecule has 0 aromatic heterocycles. The van der Waals surface area contributed by atoms with E-state index in [4.69, 9.17) is 4.74 Å². The summed E-state index contributed by atoms with van der Waals surface area (Å²) in [4.78, 5) is 2.42. The van der Waals surface area contributed by atoms with E-state index in [1.807, 2.05) is 0 Å². The highest BCUT2D eigenvalue weighted by Gasteiger charge is 2.25. The molecule has 3 heteroatoms. The van der Waals surface area contributed by atoms with Gasteiger partial charge in [-0.25, -0.2) is 0 Å². The van der Waals surface area contributed by atoms with Gasteiger partial charge in [0, 0.05) is 18.7 Å². The van der Waals surface area contributed by atoms with Gasteiger partial charge in [0.05, 0.1) is 6.61 Å². The minimum Gasteiger partial charge on any atom is -0.381 e. The maximum Gasteiger partial charge on any atom is 0.0509 e. The summed E-state index contributed by atoms with van der Waals surface area (Å²) >= 11 is 0. The average molecular weight is 212 g/mol. The van der Waals surface area contributed by atoms with E-state index in [-0.39, 0.29) is 0 Å². The molecule has 2 rings (SSSR count). The second-order valence-corrected chi connectivity index (χ2v) is 5.16. The van der Waals surface area contributed by atoms with Gasteiger partial charge in [-0.05, 0) is 52.2 Å². The van der Waals surface area contributed by atoms with Crippen LogP contribution in [0.5, 0.6) is 0 Å². The van der Waals surface area contributed by atoms with E-state index in [0.717, 1.165) is 25.2 Å². The largest absolute Gasteiger partial charge is 0.381 e. The molecule has 2 atom stereocenters. The molecule has 0 spiro atoms. The van der Waals surface area contributed by atoms with E-state index in [1.165, 1.54) is 32.4 Å². The van der Waals surface area contributed by atoms with E-state index in [9.17, 15) is 0 Å². The third-order valence-corrected chi connectivity index (χ3v) is 3.89. The Bertz CT molecular complexity index is 184. The SMILES string of the molecule is C[C@@H](NC1CCN(C)CC1)[C@H]1CCOC1. The third kappa shape index (κ3) is 3.16. The average Bonchev–Trinajstić information content (AvgIpc) is 2.74. The molecule has 0 aromatic rings. The van der Waals surface area contributed by atoms with Gasteiger partial charge in [0.2, 0.25) is 0 Å². The van der Waals surface area contributed by atoms with Gasteiger partial charge in [0.15, 0.2) is 0 Å². The molecule has 0 unspecified atom stereocenters. The number of rotatable bonds is 3. The van der Waals surface area contributed by atoms with Crippen LogP contribution in [-0.4, -0.2) is 50.3 Å². The number of nitrogens with one attached hydrogen (secondary N) is 1. The molecular weight excluding hydrogens is 188 g/mol. The van der Waals surface area contributed by atoms with Crippen molar-refractivity contribution < 1.29 is 4.74 Å². The molecule has 0 amide bonds. The van der Waals surface area contributed by atoms with Crippen molar-refractivity contribution in [1.82, 2.24) is 10.2 Å². The number of likely N-dealkylation sites (tertiary alicyclic amines) is 1. The summed E-state index contributed by atoms with van der Waals surface area (Å²) in [6.45, 7) is 6.72. The molecule has 0 aromatic carbocycles. The summed E-state index contributed by atoms with van der Waals surface area (Å²) in [5.74, 6) is 0.740. The lowest BCUT2D eigenvalue weighted by molar-refractivity contribution is 0.169. The van der Waals surface area contributed by atoms with E-state index in [1.54, 1.807) is 0 Å². The Balaban J connectivity index is 1.71. The van der Waals surface area contributed by atoms with E-state index in [2.05, 4.69) is 24.2 Å². The molecule has 2 saturated heterocycles. The predicted molar refractivity (Wildman–Crippen MR) is 62.0 cm³/mol. The Morgan fingerprint density at radius 1 is 1.27 bits per heavy atom. The van der Waals surface area contributed by atoms with Crippen LogP contribution >= 0.6 is 0 Å². The minimum atomic E-state index is 0.626. The molecule has 88 valence electrons. The molecule has 3 nitrogen and oxygen atoms in total. The van der Waals surface area contributed by atoms with Gasteiger partial charge < -0.3 is 15.0 Å². The van der Waals surface area contributed by atoms with Crippen molar-refractivity contribution in [3.05, 3.63) is 0 Å². The molecule has 0 bridgehead atoms. The molecule has 0 radical (unpaired) electrons. The van der Waals surface area contributed by atoms with Crippen LogP contribution in [-0.2, 0) is 4.74 Å². The minimum absolute atomic E-state index is 0.626. The summed E-state index contributed by atoms with van der Waals surface area (Å²) in [6.07, 6.45) is 3.84. The van der Waals surface area contributed by atoms with Gasteiger partial charge in [-0.3, -0.25) is 0 Å². The summed E-state index contributed by atoms with van der Waals surface area (Å²) < 4.78 is 5.44. The van der Waals surface area contributed by atoms with Gasteiger partial charge in [-0.1, -0.05) is 0 Å². The Labute approximate surface area is 93.2 Å². The number of nitrogens with zero attached hydrogens (tertiary/aromatic N) is 1. The van der Waals surface area contributed by atoms with Crippen molar-refractivity contribution in [3.63, 3.8) is 0 Å². The predicted octanol–water partition coefficient (Wildman–Crippen LogP) is 1.10. The lowest BCUT2D eigenvalue weighted by Gasteiger charge is -2.33. The number of hydrogen-bond acceptors (Lipinski definition) is 3. The van der Waals surface area contributed by atoms with Crippen molar-refractivity contribution in [2.75, 3.05) is 33.4 Å². The van der Waals surface area contributed by atoms with Crippen LogP contribution in [0.15, 0.2) is 0 Å². The zero-order valence-electron chi connectivity index (χ0n) is 10.0. The first-order chi connectivity index (χ1) is 7.25. The highest BCUT2D eigenvalue weighted by molar-refractivity contribution is 4.82. The Morgan fingerprint density at radius 2 is 2.00 bits per heavy atom. The Hall–Kier alpha value is -0.120. The Morgan fingerprint density at radius 3 is 2.60 bits per heavy atom. The van der Waals surface area contributed by atoms with E-state index >= 15 is 0 Å². The third-order valence-electron chi connectivity index (χ3n) is 3.89. The summed E-state index contributed by atoms with van der Waals surface area (Å²) in [7, 11) is 2.21. The maximum absolute atomic E-state index is 5.44. The van der Waals surface area contributed by atoms with E-state index < -0.39 is 0 Å². The Kier molecular flexibility index (Phi) is 4.00. The van der Waals surface area contributed by atoms with Gasteiger partial charge in [-0.2, -0.15) is 0 Å². The molecule has 2 fully saturated rings. The first kappa shape index (κ1) is 11.4. The summed E-state index contributed by atoms with van der Waals surface area (Å²) in [6, 6.07) is 1.36. The highest BCUT2D eigenvalue weighted by Crippen LogP contribution is 2.18. The van der Waals surface area contributed by atoms with Crippen LogP contribution in [0.25, 0.3) is 0 Å². The summed E-state index contributed by atoms with van der Waals surface area (Å²) in [5.41, 5.74) is 0. The van der Waals surface area contributed by atoms with Crippen LogP contribution in [0.1, 0.15) is 26.2 Å². The van der Waals surface area contributed by atoms with Crippen molar-refractivity contribution in [2.24, 2.45) is 5.92 Å². The summed E-state index contributed by atoms with van der Waals surface area (Å²) in [5, 5.41) is 3.77. The number of piperidine rings is 1. The van der Waals surface area contributed by atoms with E-state index in [0.29, 0.717) is 6.04 Å². The molecule has 0 saturated carbocycles. The zero-order valence-corrected chi connectivity index (χ0v) is 10.0. The van der Waals surface area contributed by atoms with Gasteiger partial charge in [-0.15, -0.1) is 0 Å². The molecule has 1 N–H and O–H groups in total. The molecule has 2 heterocycles. The van der Waals surface area contributed by atoms with Crippen molar-refractivity contribution >= 4 is 0 Å². The first-order valence-electron chi connectivity index (χ1n) is 6.28. The van der Waals surface area contributed by atoms with Gasteiger partial charge in [0.1, 0.15) is 0 Å². The van der Waals surface area contributed by atoms with Crippen molar-refractivity contribution in [2.45, 2.75) is 38.3 Å². The van der Waals surface area contributed by atoms with Crippen molar-refractivity contribution in [1.29, 1.82) is 0 Å². The van der Waals surface area contributed by atoms with Crippen LogP contribution in [0.3, 0.4) is 0 Å². The lowest BCUT2D eigenvalue weighted by atomic mass is 9.97.